The fourth-order valence-electron chi connectivity index (χ4n) is 1.73. The Labute approximate surface area is 106 Å². The van der Waals surface area contributed by atoms with Crippen molar-refractivity contribution in [1.29, 1.82) is 0 Å². The molecule has 5 nitrogen and oxygen atoms in total. The minimum absolute atomic E-state index is 0.0106. The Bertz CT molecular complexity index is 510. The average molecular weight is 247 g/mol. The van der Waals surface area contributed by atoms with Gasteiger partial charge in [-0.2, -0.15) is 4.98 Å². The summed E-state index contributed by atoms with van der Waals surface area (Å²) in [6.45, 7) is 2.06. The first-order valence-electron chi connectivity index (χ1n) is 5.94. The van der Waals surface area contributed by atoms with Gasteiger partial charge in [0.15, 0.2) is 5.82 Å². The first kappa shape index (κ1) is 12.7. The molecule has 0 radical (unpaired) electrons. The van der Waals surface area contributed by atoms with Crippen molar-refractivity contribution >= 4 is 0 Å². The van der Waals surface area contributed by atoms with Gasteiger partial charge in [0.2, 0.25) is 5.89 Å². The van der Waals surface area contributed by atoms with Gasteiger partial charge in [-0.25, -0.2) is 0 Å². The molecule has 0 bridgehead atoms. The van der Waals surface area contributed by atoms with Crippen molar-refractivity contribution in [3.8, 4) is 0 Å². The molecule has 5 heteroatoms. The van der Waals surface area contributed by atoms with E-state index in [1.165, 1.54) is 11.1 Å². The molecule has 0 aliphatic heterocycles. The normalized spacial score (nSPS) is 12.6. The van der Waals surface area contributed by atoms with Crippen molar-refractivity contribution in [2.24, 2.45) is 5.73 Å². The Morgan fingerprint density at radius 2 is 2.17 bits per heavy atom. The van der Waals surface area contributed by atoms with Gasteiger partial charge < -0.3 is 15.4 Å². The van der Waals surface area contributed by atoms with Gasteiger partial charge in [-0.05, 0) is 24.5 Å². The zero-order valence-electron chi connectivity index (χ0n) is 10.3. The fourth-order valence-corrected chi connectivity index (χ4v) is 1.73. The van der Waals surface area contributed by atoms with Crippen LogP contribution < -0.4 is 5.73 Å². The van der Waals surface area contributed by atoms with E-state index >= 15 is 0 Å². The maximum absolute atomic E-state index is 8.81. The van der Waals surface area contributed by atoms with E-state index in [9.17, 15) is 0 Å². The summed E-state index contributed by atoms with van der Waals surface area (Å²) < 4.78 is 5.09. The number of aromatic nitrogens is 2. The van der Waals surface area contributed by atoms with Crippen molar-refractivity contribution < 1.29 is 9.63 Å². The Balaban J connectivity index is 2.09. The van der Waals surface area contributed by atoms with Crippen LogP contribution in [0.1, 0.15) is 35.3 Å². The Morgan fingerprint density at radius 1 is 1.39 bits per heavy atom. The zero-order valence-corrected chi connectivity index (χ0v) is 10.3. The van der Waals surface area contributed by atoms with E-state index in [1.807, 2.05) is 31.2 Å². The molecule has 0 aliphatic rings. The van der Waals surface area contributed by atoms with Crippen LogP contribution in [0, 0.1) is 6.92 Å². The molecule has 0 amide bonds. The van der Waals surface area contributed by atoms with E-state index in [2.05, 4.69) is 10.1 Å². The number of aliphatic hydroxyl groups excluding tert-OH is 1. The van der Waals surface area contributed by atoms with Gasteiger partial charge in [-0.3, -0.25) is 0 Å². The Hall–Kier alpha value is -1.72. The molecule has 1 heterocycles. The summed E-state index contributed by atoms with van der Waals surface area (Å²) in [5, 5.41) is 12.7. The molecule has 96 valence electrons. The molecule has 2 aromatic rings. The van der Waals surface area contributed by atoms with Gasteiger partial charge in [0.25, 0.3) is 0 Å². The SMILES string of the molecule is Cc1ccccc1Cc1noc(C(N)CCO)n1. The molecular formula is C13H17N3O2. The van der Waals surface area contributed by atoms with E-state index in [1.54, 1.807) is 0 Å². The summed E-state index contributed by atoms with van der Waals surface area (Å²) in [5.41, 5.74) is 8.15. The standard InChI is InChI=1S/C13H17N3O2/c1-9-4-2-3-5-10(9)8-12-15-13(18-16-12)11(14)6-7-17/h2-5,11,17H,6-8,14H2,1H3. The average Bonchev–Trinajstić information content (AvgIpc) is 2.81. The maximum Gasteiger partial charge on any atom is 0.243 e. The van der Waals surface area contributed by atoms with E-state index in [0.29, 0.717) is 24.6 Å². The summed E-state index contributed by atoms with van der Waals surface area (Å²) in [4.78, 5) is 4.25. The maximum atomic E-state index is 8.81. The number of hydrogen-bond acceptors (Lipinski definition) is 5. The lowest BCUT2D eigenvalue weighted by Gasteiger charge is -2.02. The van der Waals surface area contributed by atoms with Crippen molar-refractivity contribution in [1.82, 2.24) is 10.1 Å². The Morgan fingerprint density at radius 3 is 2.89 bits per heavy atom. The molecule has 1 atom stereocenters. The van der Waals surface area contributed by atoms with Gasteiger partial charge >= 0.3 is 0 Å². The van der Waals surface area contributed by atoms with E-state index in [0.717, 1.165) is 0 Å². The minimum atomic E-state index is -0.395. The fraction of sp³-hybridized carbons (Fsp3) is 0.385. The molecule has 1 aromatic heterocycles. The van der Waals surface area contributed by atoms with Gasteiger partial charge in [0, 0.05) is 13.0 Å². The number of aliphatic hydroxyl groups is 1. The molecule has 0 fully saturated rings. The highest BCUT2D eigenvalue weighted by atomic mass is 16.5. The third-order valence-corrected chi connectivity index (χ3v) is 2.85. The quantitative estimate of drug-likeness (QED) is 0.833. The smallest absolute Gasteiger partial charge is 0.243 e. The number of rotatable bonds is 5. The molecule has 0 aliphatic carbocycles. The second-order valence-corrected chi connectivity index (χ2v) is 4.27. The highest BCUT2D eigenvalue weighted by Gasteiger charge is 2.14. The summed E-state index contributed by atoms with van der Waals surface area (Å²) in [5.74, 6) is 1.00. The lowest BCUT2D eigenvalue weighted by Crippen LogP contribution is -2.12. The van der Waals surface area contributed by atoms with Crippen molar-refractivity contribution in [3.63, 3.8) is 0 Å². The van der Waals surface area contributed by atoms with E-state index in [4.69, 9.17) is 15.4 Å². The Kier molecular flexibility index (Phi) is 4.07. The number of benzene rings is 1. The largest absolute Gasteiger partial charge is 0.396 e. The number of nitrogens with zero attached hydrogens (tertiary/aromatic N) is 2. The van der Waals surface area contributed by atoms with Crippen LogP contribution >= 0.6 is 0 Å². The molecule has 18 heavy (non-hydrogen) atoms. The molecule has 1 unspecified atom stereocenters. The molecule has 3 N–H and O–H groups in total. The van der Waals surface area contributed by atoms with Crippen LogP contribution in [0.2, 0.25) is 0 Å². The third kappa shape index (κ3) is 2.94. The van der Waals surface area contributed by atoms with Crippen molar-refractivity contribution in [3.05, 3.63) is 47.1 Å². The summed E-state index contributed by atoms with van der Waals surface area (Å²) >= 11 is 0. The van der Waals surface area contributed by atoms with Crippen LogP contribution in [-0.4, -0.2) is 21.9 Å². The predicted molar refractivity (Wildman–Crippen MR) is 66.9 cm³/mol. The van der Waals surface area contributed by atoms with Gasteiger partial charge in [-0.15, -0.1) is 0 Å². The topological polar surface area (TPSA) is 85.2 Å². The molecule has 2 rings (SSSR count). The lowest BCUT2D eigenvalue weighted by atomic mass is 10.1. The second kappa shape index (κ2) is 5.75. The van der Waals surface area contributed by atoms with Gasteiger partial charge in [0.1, 0.15) is 0 Å². The zero-order chi connectivity index (χ0) is 13.0. The second-order valence-electron chi connectivity index (χ2n) is 4.27. The van der Waals surface area contributed by atoms with Crippen LogP contribution in [0.3, 0.4) is 0 Å². The van der Waals surface area contributed by atoms with Crippen LogP contribution in [0.15, 0.2) is 28.8 Å². The molecule has 0 spiro atoms. The van der Waals surface area contributed by atoms with Crippen LogP contribution in [0.25, 0.3) is 0 Å². The third-order valence-electron chi connectivity index (χ3n) is 2.85. The minimum Gasteiger partial charge on any atom is -0.396 e. The molecular weight excluding hydrogens is 230 g/mol. The number of aryl methyl sites for hydroxylation is 1. The number of nitrogens with two attached hydrogens (primary N) is 1. The molecule has 0 saturated carbocycles. The van der Waals surface area contributed by atoms with Crippen LogP contribution in [0.4, 0.5) is 0 Å². The molecule has 1 aromatic carbocycles. The van der Waals surface area contributed by atoms with E-state index < -0.39 is 6.04 Å². The lowest BCUT2D eigenvalue weighted by molar-refractivity contribution is 0.259. The molecule has 0 saturated heterocycles. The van der Waals surface area contributed by atoms with Crippen molar-refractivity contribution in [2.75, 3.05) is 6.61 Å². The first-order chi connectivity index (χ1) is 8.70. The van der Waals surface area contributed by atoms with Crippen molar-refractivity contribution in [2.45, 2.75) is 25.8 Å². The highest BCUT2D eigenvalue weighted by Crippen LogP contribution is 2.15. The summed E-state index contributed by atoms with van der Waals surface area (Å²) in [7, 11) is 0. The number of hydrogen-bond donors (Lipinski definition) is 2. The summed E-state index contributed by atoms with van der Waals surface area (Å²) in [6, 6.07) is 7.68. The summed E-state index contributed by atoms with van der Waals surface area (Å²) in [6.07, 6.45) is 1.05. The first-order valence-corrected chi connectivity index (χ1v) is 5.94. The van der Waals surface area contributed by atoms with Gasteiger partial charge in [-0.1, -0.05) is 29.4 Å². The van der Waals surface area contributed by atoms with E-state index in [-0.39, 0.29) is 6.61 Å². The highest BCUT2D eigenvalue weighted by molar-refractivity contribution is 5.27. The van der Waals surface area contributed by atoms with Crippen LogP contribution in [0.5, 0.6) is 0 Å². The predicted octanol–water partition coefficient (Wildman–Crippen LogP) is 1.35. The van der Waals surface area contributed by atoms with Gasteiger partial charge in [0.05, 0.1) is 6.04 Å². The monoisotopic (exact) mass is 247 g/mol. The van der Waals surface area contributed by atoms with Crippen LogP contribution in [-0.2, 0) is 6.42 Å².